The highest BCUT2D eigenvalue weighted by atomic mass is 32.2. The zero-order valence-corrected chi connectivity index (χ0v) is 12.5. The first kappa shape index (κ1) is 13.9. The summed E-state index contributed by atoms with van der Waals surface area (Å²) in [5, 5.41) is 0. The van der Waals surface area contributed by atoms with Gasteiger partial charge in [0.05, 0.1) is 5.75 Å². The Labute approximate surface area is 114 Å². The largest absolute Gasteiger partial charge is 0.214 e. The van der Waals surface area contributed by atoms with E-state index in [0.29, 0.717) is 18.8 Å². The minimum absolute atomic E-state index is 0.321. The van der Waals surface area contributed by atoms with Crippen molar-refractivity contribution in [2.75, 3.05) is 24.6 Å². The second kappa shape index (κ2) is 5.63. The fourth-order valence-electron chi connectivity index (χ4n) is 2.16. The second-order valence-electron chi connectivity index (χ2n) is 4.69. The van der Waals surface area contributed by atoms with Gasteiger partial charge in [0.15, 0.2) is 0 Å². The highest BCUT2D eigenvalue weighted by molar-refractivity contribution is 7.99. The van der Waals surface area contributed by atoms with Crippen LogP contribution in [0.4, 0.5) is 0 Å². The summed E-state index contributed by atoms with van der Waals surface area (Å²) >= 11 is 1.74. The molecule has 0 saturated carbocycles. The molecule has 0 atom stereocenters. The molecular formula is C13H19NO2S2. The van der Waals surface area contributed by atoms with Crippen molar-refractivity contribution in [3.8, 4) is 0 Å². The Morgan fingerprint density at radius 2 is 2.11 bits per heavy atom. The molecule has 1 aliphatic rings. The predicted molar refractivity (Wildman–Crippen MR) is 76.6 cm³/mol. The van der Waals surface area contributed by atoms with Crippen molar-refractivity contribution >= 4 is 21.8 Å². The molecular weight excluding hydrogens is 266 g/mol. The summed E-state index contributed by atoms with van der Waals surface area (Å²) in [5.74, 6) is 1.14. The lowest BCUT2D eigenvalue weighted by atomic mass is 10.2. The molecule has 2 rings (SSSR count). The fourth-order valence-corrected chi connectivity index (χ4v) is 4.79. The van der Waals surface area contributed by atoms with Gasteiger partial charge in [0, 0.05) is 23.7 Å². The van der Waals surface area contributed by atoms with E-state index in [1.165, 1.54) is 16.0 Å². The maximum absolute atomic E-state index is 11.6. The highest BCUT2D eigenvalue weighted by Gasteiger charge is 2.27. The number of thioether (sulfide) groups is 1. The highest BCUT2D eigenvalue weighted by Crippen LogP contribution is 2.24. The standard InChI is InChI=1S/C13H19NO2S2/c1-11-4-5-13(12(2)10-11)17-8-7-14-6-3-9-18(14,15)16/h4-5,10H,3,6-9H2,1-2H3. The minimum Gasteiger partial charge on any atom is -0.212 e. The molecule has 0 N–H and O–H groups in total. The van der Waals surface area contributed by atoms with Crippen LogP contribution in [0.1, 0.15) is 17.5 Å². The summed E-state index contributed by atoms with van der Waals surface area (Å²) < 4.78 is 24.9. The predicted octanol–water partition coefficient (Wildman–Crippen LogP) is 2.43. The van der Waals surface area contributed by atoms with Gasteiger partial charge in [-0.15, -0.1) is 11.8 Å². The van der Waals surface area contributed by atoms with Crippen LogP contribution in [-0.4, -0.2) is 37.3 Å². The molecule has 1 heterocycles. The lowest BCUT2D eigenvalue weighted by Gasteiger charge is -2.14. The van der Waals surface area contributed by atoms with E-state index in [2.05, 4.69) is 32.0 Å². The molecule has 18 heavy (non-hydrogen) atoms. The Hall–Kier alpha value is -0.520. The van der Waals surface area contributed by atoms with E-state index in [1.54, 1.807) is 16.1 Å². The van der Waals surface area contributed by atoms with Crippen molar-refractivity contribution in [1.82, 2.24) is 4.31 Å². The van der Waals surface area contributed by atoms with Crippen molar-refractivity contribution in [2.45, 2.75) is 25.2 Å². The van der Waals surface area contributed by atoms with Gasteiger partial charge >= 0.3 is 0 Å². The van der Waals surface area contributed by atoms with Crippen molar-refractivity contribution in [3.05, 3.63) is 29.3 Å². The molecule has 3 nitrogen and oxygen atoms in total. The average molecular weight is 285 g/mol. The monoisotopic (exact) mass is 285 g/mol. The molecule has 0 aromatic heterocycles. The topological polar surface area (TPSA) is 37.4 Å². The van der Waals surface area contributed by atoms with Crippen LogP contribution in [0.15, 0.2) is 23.1 Å². The van der Waals surface area contributed by atoms with E-state index >= 15 is 0 Å². The van der Waals surface area contributed by atoms with Gasteiger partial charge < -0.3 is 0 Å². The summed E-state index contributed by atoms with van der Waals surface area (Å²) in [5.41, 5.74) is 2.53. The van der Waals surface area contributed by atoms with Gasteiger partial charge in [-0.05, 0) is 31.9 Å². The Bertz CT molecular complexity index is 526. The van der Waals surface area contributed by atoms with Gasteiger partial charge in [0.1, 0.15) is 0 Å². The third-order valence-corrected chi connectivity index (χ3v) is 6.24. The fraction of sp³-hybridized carbons (Fsp3) is 0.538. The zero-order chi connectivity index (χ0) is 13.2. The molecule has 1 saturated heterocycles. The first-order valence-electron chi connectivity index (χ1n) is 6.17. The number of nitrogens with zero attached hydrogens (tertiary/aromatic N) is 1. The molecule has 0 spiro atoms. The van der Waals surface area contributed by atoms with Crippen molar-refractivity contribution in [1.29, 1.82) is 0 Å². The average Bonchev–Trinajstić information content (AvgIpc) is 2.61. The van der Waals surface area contributed by atoms with Crippen molar-refractivity contribution in [2.24, 2.45) is 0 Å². The van der Waals surface area contributed by atoms with Gasteiger partial charge in [-0.1, -0.05) is 17.7 Å². The van der Waals surface area contributed by atoms with Gasteiger partial charge in [-0.2, -0.15) is 0 Å². The second-order valence-corrected chi connectivity index (χ2v) is 7.91. The Kier molecular flexibility index (Phi) is 4.35. The molecule has 0 bridgehead atoms. The Morgan fingerprint density at radius 3 is 2.72 bits per heavy atom. The number of hydrogen-bond acceptors (Lipinski definition) is 3. The smallest absolute Gasteiger partial charge is 0.212 e. The van der Waals surface area contributed by atoms with Gasteiger partial charge in [-0.3, -0.25) is 0 Å². The summed E-state index contributed by atoms with van der Waals surface area (Å²) in [6.07, 6.45) is 0.774. The molecule has 100 valence electrons. The van der Waals surface area contributed by atoms with Crippen LogP contribution in [0.5, 0.6) is 0 Å². The van der Waals surface area contributed by atoms with Crippen LogP contribution < -0.4 is 0 Å². The maximum Gasteiger partial charge on any atom is 0.214 e. The molecule has 1 fully saturated rings. The molecule has 0 aliphatic carbocycles. The van der Waals surface area contributed by atoms with Crippen molar-refractivity contribution < 1.29 is 8.42 Å². The van der Waals surface area contributed by atoms with E-state index < -0.39 is 10.0 Å². The van der Waals surface area contributed by atoms with Gasteiger partial charge in [0.25, 0.3) is 0 Å². The maximum atomic E-state index is 11.6. The molecule has 0 unspecified atom stereocenters. The molecule has 0 radical (unpaired) electrons. The van der Waals surface area contributed by atoms with E-state index in [4.69, 9.17) is 0 Å². The lowest BCUT2D eigenvalue weighted by Crippen LogP contribution is -2.27. The van der Waals surface area contributed by atoms with Crippen LogP contribution in [0.3, 0.4) is 0 Å². The van der Waals surface area contributed by atoms with E-state index in [1.807, 2.05) is 0 Å². The normalized spacial score (nSPS) is 19.2. The molecule has 0 amide bonds. The van der Waals surface area contributed by atoms with E-state index in [9.17, 15) is 8.42 Å². The SMILES string of the molecule is Cc1ccc(SCCN2CCCS2(=O)=O)c(C)c1. The van der Waals surface area contributed by atoms with Gasteiger partial charge in [-0.25, -0.2) is 12.7 Å². The number of sulfonamides is 1. The van der Waals surface area contributed by atoms with E-state index in [0.717, 1.165) is 12.2 Å². The molecule has 1 aromatic rings. The number of hydrogen-bond donors (Lipinski definition) is 0. The quantitative estimate of drug-likeness (QED) is 0.797. The Balaban J connectivity index is 1.89. The van der Waals surface area contributed by atoms with E-state index in [-0.39, 0.29) is 0 Å². The third-order valence-electron chi connectivity index (χ3n) is 3.13. The van der Waals surface area contributed by atoms with Crippen LogP contribution >= 0.6 is 11.8 Å². The zero-order valence-electron chi connectivity index (χ0n) is 10.8. The molecule has 5 heteroatoms. The summed E-state index contributed by atoms with van der Waals surface area (Å²) in [7, 11) is -2.94. The first-order chi connectivity index (χ1) is 8.49. The number of aryl methyl sites for hydroxylation is 2. The number of rotatable bonds is 4. The number of benzene rings is 1. The summed E-state index contributed by atoms with van der Waals surface area (Å²) in [6, 6.07) is 6.38. The van der Waals surface area contributed by atoms with Crippen LogP contribution in [0.2, 0.25) is 0 Å². The Morgan fingerprint density at radius 1 is 1.33 bits per heavy atom. The van der Waals surface area contributed by atoms with Crippen LogP contribution in [0.25, 0.3) is 0 Å². The van der Waals surface area contributed by atoms with Crippen LogP contribution in [0, 0.1) is 13.8 Å². The third kappa shape index (κ3) is 3.28. The van der Waals surface area contributed by atoms with Crippen molar-refractivity contribution in [3.63, 3.8) is 0 Å². The van der Waals surface area contributed by atoms with Crippen LogP contribution in [-0.2, 0) is 10.0 Å². The summed E-state index contributed by atoms with van der Waals surface area (Å²) in [6.45, 7) is 5.50. The minimum atomic E-state index is -2.94. The van der Waals surface area contributed by atoms with Gasteiger partial charge in [0.2, 0.25) is 10.0 Å². The lowest BCUT2D eigenvalue weighted by molar-refractivity contribution is 0.465. The summed E-state index contributed by atoms with van der Waals surface area (Å²) in [4.78, 5) is 1.25. The first-order valence-corrected chi connectivity index (χ1v) is 8.76. The molecule has 1 aromatic carbocycles. The molecule has 1 aliphatic heterocycles.